The number of alkyl halides is 1. The van der Waals surface area contributed by atoms with Crippen LogP contribution in [0.4, 0.5) is 0 Å². The first-order valence-electron chi connectivity index (χ1n) is 3.30. The van der Waals surface area contributed by atoms with Crippen LogP contribution in [0.3, 0.4) is 0 Å². The SMILES string of the molecule is COC(=O)C(C)C(=O)CCBr. The van der Waals surface area contributed by atoms with Gasteiger partial charge in [-0.05, 0) is 6.92 Å². The van der Waals surface area contributed by atoms with E-state index in [4.69, 9.17) is 0 Å². The molecule has 0 N–H and O–H groups in total. The van der Waals surface area contributed by atoms with Gasteiger partial charge >= 0.3 is 5.97 Å². The Labute approximate surface area is 74.2 Å². The quantitative estimate of drug-likeness (QED) is 0.408. The minimum absolute atomic E-state index is 0.0891. The molecule has 0 spiro atoms. The Hall–Kier alpha value is -0.380. The van der Waals surface area contributed by atoms with Gasteiger partial charge < -0.3 is 4.74 Å². The van der Waals surface area contributed by atoms with E-state index in [9.17, 15) is 9.59 Å². The molecule has 0 radical (unpaired) electrons. The Morgan fingerprint density at radius 3 is 2.45 bits per heavy atom. The summed E-state index contributed by atoms with van der Waals surface area (Å²) >= 11 is 3.12. The number of halogens is 1. The molecule has 0 aliphatic heterocycles. The van der Waals surface area contributed by atoms with Crippen molar-refractivity contribution in [3.8, 4) is 0 Å². The van der Waals surface area contributed by atoms with Crippen LogP contribution in [0, 0.1) is 5.92 Å². The zero-order valence-electron chi connectivity index (χ0n) is 6.59. The molecule has 0 aromatic heterocycles. The van der Waals surface area contributed by atoms with Gasteiger partial charge in [0.05, 0.1) is 7.11 Å². The number of esters is 1. The monoisotopic (exact) mass is 222 g/mol. The lowest BCUT2D eigenvalue weighted by Gasteiger charge is -2.05. The molecule has 0 aromatic rings. The van der Waals surface area contributed by atoms with Gasteiger partial charge in [-0.15, -0.1) is 0 Å². The molecule has 0 saturated carbocycles. The topological polar surface area (TPSA) is 43.4 Å². The molecule has 11 heavy (non-hydrogen) atoms. The standard InChI is InChI=1S/C7H11BrO3/c1-5(7(10)11-2)6(9)3-4-8/h5H,3-4H2,1-2H3. The normalized spacial score (nSPS) is 12.3. The molecule has 0 aliphatic carbocycles. The van der Waals surface area contributed by atoms with E-state index >= 15 is 0 Å². The van der Waals surface area contributed by atoms with Gasteiger partial charge in [0.25, 0.3) is 0 Å². The third-order valence-electron chi connectivity index (χ3n) is 1.38. The van der Waals surface area contributed by atoms with Gasteiger partial charge in [-0.2, -0.15) is 0 Å². The minimum atomic E-state index is -0.627. The second-order valence-electron chi connectivity index (χ2n) is 2.15. The summed E-state index contributed by atoms with van der Waals surface area (Å²) < 4.78 is 4.40. The van der Waals surface area contributed by atoms with E-state index in [2.05, 4.69) is 20.7 Å². The zero-order chi connectivity index (χ0) is 8.85. The van der Waals surface area contributed by atoms with Crippen molar-refractivity contribution in [2.45, 2.75) is 13.3 Å². The molecule has 1 atom stereocenters. The van der Waals surface area contributed by atoms with Crippen LogP contribution in [0.1, 0.15) is 13.3 Å². The molecule has 0 bridgehead atoms. The summed E-state index contributed by atoms with van der Waals surface area (Å²) in [5, 5.41) is 0.590. The average Bonchev–Trinajstić information content (AvgIpc) is 2.02. The number of rotatable bonds is 4. The smallest absolute Gasteiger partial charge is 0.315 e. The predicted molar refractivity (Wildman–Crippen MR) is 44.6 cm³/mol. The van der Waals surface area contributed by atoms with E-state index in [1.54, 1.807) is 6.92 Å². The number of Topliss-reactive ketones (excluding diaryl/α,β-unsaturated/α-hetero) is 1. The lowest BCUT2D eigenvalue weighted by atomic mass is 10.1. The molecule has 1 unspecified atom stereocenters. The van der Waals surface area contributed by atoms with Gasteiger partial charge in [0, 0.05) is 11.8 Å². The lowest BCUT2D eigenvalue weighted by Crippen LogP contribution is -2.22. The summed E-state index contributed by atoms with van der Waals surface area (Å²) in [5.41, 5.74) is 0. The fraction of sp³-hybridized carbons (Fsp3) is 0.714. The molecule has 3 nitrogen and oxygen atoms in total. The molecular weight excluding hydrogens is 212 g/mol. The van der Waals surface area contributed by atoms with E-state index < -0.39 is 11.9 Å². The van der Waals surface area contributed by atoms with Crippen molar-refractivity contribution in [3.05, 3.63) is 0 Å². The van der Waals surface area contributed by atoms with Crippen LogP contribution < -0.4 is 0 Å². The third kappa shape index (κ3) is 3.51. The number of carbonyl (C=O) groups is 2. The Morgan fingerprint density at radius 2 is 2.09 bits per heavy atom. The van der Waals surface area contributed by atoms with E-state index in [0.717, 1.165) is 0 Å². The highest BCUT2D eigenvalue weighted by Gasteiger charge is 2.20. The molecular formula is C7H11BrO3. The summed E-state index contributed by atoms with van der Waals surface area (Å²) in [4.78, 5) is 21.8. The van der Waals surface area contributed by atoms with Crippen molar-refractivity contribution in [2.75, 3.05) is 12.4 Å². The Kier molecular flexibility index (Phi) is 5.11. The average molecular weight is 223 g/mol. The van der Waals surface area contributed by atoms with Crippen molar-refractivity contribution in [1.82, 2.24) is 0 Å². The van der Waals surface area contributed by atoms with Gasteiger partial charge in [0.15, 0.2) is 0 Å². The van der Waals surface area contributed by atoms with Gasteiger partial charge in [-0.1, -0.05) is 15.9 Å². The zero-order valence-corrected chi connectivity index (χ0v) is 8.18. The second-order valence-corrected chi connectivity index (χ2v) is 2.94. The van der Waals surface area contributed by atoms with Gasteiger partial charge in [-0.3, -0.25) is 9.59 Å². The van der Waals surface area contributed by atoms with Crippen molar-refractivity contribution >= 4 is 27.7 Å². The van der Waals surface area contributed by atoms with E-state index in [-0.39, 0.29) is 5.78 Å². The first-order chi connectivity index (χ1) is 5.13. The van der Waals surface area contributed by atoms with Crippen LogP contribution in [-0.4, -0.2) is 24.2 Å². The van der Waals surface area contributed by atoms with E-state index in [1.807, 2.05) is 0 Å². The van der Waals surface area contributed by atoms with E-state index in [0.29, 0.717) is 11.8 Å². The van der Waals surface area contributed by atoms with Crippen LogP contribution in [-0.2, 0) is 14.3 Å². The summed E-state index contributed by atoms with van der Waals surface area (Å²) in [6, 6.07) is 0. The number of hydrogen-bond donors (Lipinski definition) is 0. The number of ether oxygens (including phenoxy) is 1. The molecule has 0 rings (SSSR count). The Bertz CT molecular complexity index is 156. The lowest BCUT2D eigenvalue weighted by molar-refractivity contribution is -0.148. The van der Waals surface area contributed by atoms with Crippen molar-refractivity contribution in [1.29, 1.82) is 0 Å². The molecule has 64 valence electrons. The van der Waals surface area contributed by atoms with Crippen LogP contribution >= 0.6 is 15.9 Å². The highest BCUT2D eigenvalue weighted by molar-refractivity contribution is 9.09. The maximum absolute atomic E-state index is 11.0. The summed E-state index contributed by atoms with van der Waals surface area (Å²) in [6.45, 7) is 1.55. The molecule has 0 amide bonds. The van der Waals surface area contributed by atoms with Crippen molar-refractivity contribution in [2.24, 2.45) is 5.92 Å². The van der Waals surface area contributed by atoms with Crippen LogP contribution in [0.15, 0.2) is 0 Å². The van der Waals surface area contributed by atoms with Crippen LogP contribution in [0.2, 0.25) is 0 Å². The third-order valence-corrected chi connectivity index (χ3v) is 1.78. The molecule has 0 aromatic carbocycles. The van der Waals surface area contributed by atoms with Gasteiger partial charge in [0.2, 0.25) is 0 Å². The molecule has 0 heterocycles. The van der Waals surface area contributed by atoms with Crippen LogP contribution in [0.25, 0.3) is 0 Å². The molecule has 0 fully saturated rings. The summed E-state index contributed by atoms with van der Waals surface area (Å²) in [5.74, 6) is -1.18. The van der Waals surface area contributed by atoms with Crippen molar-refractivity contribution in [3.63, 3.8) is 0 Å². The molecule has 0 saturated heterocycles. The minimum Gasteiger partial charge on any atom is -0.468 e. The summed E-state index contributed by atoms with van der Waals surface area (Å²) in [7, 11) is 1.28. The van der Waals surface area contributed by atoms with Crippen molar-refractivity contribution < 1.29 is 14.3 Å². The summed E-state index contributed by atoms with van der Waals surface area (Å²) in [6.07, 6.45) is 0.371. The molecule has 4 heteroatoms. The Morgan fingerprint density at radius 1 is 1.55 bits per heavy atom. The van der Waals surface area contributed by atoms with Gasteiger partial charge in [-0.25, -0.2) is 0 Å². The first-order valence-corrected chi connectivity index (χ1v) is 4.42. The number of hydrogen-bond acceptors (Lipinski definition) is 3. The first kappa shape index (κ1) is 10.6. The fourth-order valence-corrected chi connectivity index (χ4v) is 1.01. The van der Waals surface area contributed by atoms with E-state index in [1.165, 1.54) is 7.11 Å². The van der Waals surface area contributed by atoms with Gasteiger partial charge in [0.1, 0.15) is 11.7 Å². The number of ketones is 1. The maximum atomic E-state index is 11.0. The highest BCUT2D eigenvalue weighted by Crippen LogP contribution is 2.04. The fourth-order valence-electron chi connectivity index (χ4n) is 0.618. The molecule has 0 aliphatic rings. The number of methoxy groups -OCH3 is 1. The second kappa shape index (κ2) is 5.29. The highest BCUT2D eigenvalue weighted by atomic mass is 79.9. The predicted octanol–water partition coefficient (Wildman–Crippen LogP) is 1.15. The Balaban J connectivity index is 3.91. The number of carbonyl (C=O) groups excluding carboxylic acids is 2. The maximum Gasteiger partial charge on any atom is 0.315 e. The van der Waals surface area contributed by atoms with Crippen LogP contribution in [0.5, 0.6) is 0 Å². The largest absolute Gasteiger partial charge is 0.468 e.